The van der Waals surface area contributed by atoms with Gasteiger partial charge in [-0.2, -0.15) is 0 Å². The lowest BCUT2D eigenvalue weighted by Gasteiger charge is -2.06. The van der Waals surface area contributed by atoms with Gasteiger partial charge in [0.1, 0.15) is 5.88 Å². The van der Waals surface area contributed by atoms with Crippen LogP contribution in [-0.4, -0.2) is 28.6 Å². The molecule has 4 nitrogen and oxygen atoms in total. The van der Waals surface area contributed by atoms with E-state index in [1.165, 1.54) is 18.2 Å². The molecule has 16 heavy (non-hydrogen) atoms. The number of Topliss-reactive ketones (excluding diaryl/α,β-unsaturated/α-hetero) is 1. The van der Waals surface area contributed by atoms with Crippen LogP contribution in [0.15, 0.2) is 18.2 Å². The van der Waals surface area contributed by atoms with E-state index in [0.717, 1.165) is 0 Å². The molecule has 0 saturated heterocycles. The molecule has 1 rings (SSSR count). The zero-order valence-corrected chi connectivity index (χ0v) is 9.59. The van der Waals surface area contributed by atoms with Crippen LogP contribution in [0.1, 0.15) is 10.4 Å². The van der Waals surface area contributed by atoms with Crippen LogP contribution < -0.4 is 4.74 Å². The summed E-state index contributed by atoms with van der Waals surface area (Å²) in [4.78, 5) is 22.2. The number of alkyl halides is 2. The maximum Gasteiger partial charge on any atom is 0.326 e. The summed E-state index contributed by atoms with van der Waals surface area (Å²) in [6.45, 7) is 0. The van der Waals surface area contributed by atoms with Crippen LogP contribution in [0.25, 0.3) is 0 Å². The van der Waals surface area contributed by atoms with Gasteiger partial charge in [0.05, 0.1) is 5.88 Å². The van der Waals surface area contributed by atoms with Gasteiger partial charge in [0.2, 0.25) is 0 Å². The minimum absolute atomic E-state index is 0.110. The molecule has 0 aliphatic heterocycles. The molecule has 0 heterocycles. The number of halogens is 2. The van der Waals surface area contributed by atoms with E-state index >= 15 is 0 Å². The van der Waals surface area contributed by atoms with Crippen molar-refractivity contribution in [2.24, 2.45) is 0 Å². The van der Waals surface area contributed by atoms with E-state index in [1.807, 2.05) is 0 Å². The van der Waals surface area contributed by atoms with Crippen molar-refractivity contribution in [3.63, 3.8) is 0 Å². The number of benzene rings is 1. The van der Waals surface area contributed by atoms with Crippen molar-refractivity contribution in [3.05, 3.63) is 23.8 Å². The first-order valence-corrected chi connectivity index (χ1v) is 5.34. The Balaban J connectivity index is 2.99. The zero-order valence-electron chi connectivity index (χ0n) is 8.07. The third kappa shape index (κ3) is 3.12. The molecule has 0 radical (unpaired) electrons. The van der Waals surface area contributed by atoms with Crippen molar-refractivity contribution >= 4 is 35.0 Å². The van der Waals surface area contributed by atoms with Crippen molar-refractivity contribution in [3.8, 4) is 11.5 Å². The highest BCUT2D eigenvalue weighted by Crippen LogP contribution is 2.27. The number of ketones is 1. The Labute approximate surface area is 102 Å². The van der Waals surface area contributed by atoms with E-state index < -0.39 is 5.97 Å². The second kappa shape index (κ2) is 5.72. The molecule has 0 bridgehead atoms. The van der Waals surface area contributed by atoms with Crippen molar-refractivity contribution in [2.45, 2.75) is 0 Å². The second-order valence-electron chi connectivity index (χ2n) is 2.85. The number of hydrogen-bond acceptors (Lipinski definition) is 4. The summed E-state index contributed by atoms with van der Waals surface area (Å²) in [6, 6.07) is 3.87. The van der Waals surface area contributed by atoms with Crippen molar-refractivity contribution < 1.29 is 19.4 Å². The number of carbonyl (C=O) groups is 2. The van der Waals surface area contributed by atoms with Crippen LogP contribution in [0.4, 0.5) is 0 Å². The summed E-state index contributed by atoms with van der Waals surface area (Å²) in [7, 11) is 0. The van der Waals surface area contributed by atoms with Crippen LogP contribution in [-0.2, 0) is 4.79 Å². The van der Waals surface area contributed by atoms with Gasteiger partial charge in [0.15, 0.2) is 17.3 Å². The predicted molar refractivity (Wildman–Crippen MR) is 59.5 cm³/mol. The Kier molecular flexibility index (Phi) is 4.58. The van der Waals surface area contributed by atoms with Gasteiger partial charge in [-0.05, 0) is 18.2 Å². The Morgan fingerprint density at radius 1 is 1.25 bits per heavy atom. The van der Waals surface area contributed by atoms with Gasteiger partial charge >= 0.3 is 5.97 Å². The zero-order chi connectivity index (χ0) is 12.1. The third-order valence-corrected chi connectivity index (χ3v) is 2.20. The molecule has 0 spiro atoms. The normalized spacial score (nSPS) is 9.88. The first-order chi connectivity index (χ1) is 7.58. The molecule has 86 valence electrons. The lowest BCUT2D eigenvalue weighted by molar-refractivity contribution is -0.131. The molecular formula is C10H8Cl2O4. The number of rotatable bonds is 4. The number of carbonyl (C=O) groups excluding carboxylic acids is 2. The second-order valence-corrected chi connectivity index (χ2v) is 3.38. The maximum atomic E-state index is 11.3. The number of aromatic hydroxyl groups is 1. The third-order valence-electron chi connectivity index (χ3n) is 1.74. The smallest absolute Gasteiger partial charge is 0.326 e. The van der Waals surface area contributed by atoms with Crippen LogP contribution in [0, 0.1) is 0 Å². The molecule has 0 atom stereocenters. The highest BCUT2D eigenvalue weighted by Gasteiger charge is 2.12. The first kappa shape index (κ1) is 12.8. The highest BCUT2D eigenvalue weighted by molar-refractivity contribution is 6.30. The fourth-order valence-corrected chi connectivity index (χ4v) is 1.21. The van der Waals surface area contributed by atoms with Crippen LogP contribution in [0.2, 0.25) is 0 Å². The average molecular weight is 263 g/mol. The summed E-state index contributed by atoms with van der Waals surface area (Å²) in [6.07, 6.45) is 0. The SMILES string of the molecule is O=C(CCl)Oc1cc(C(=O)CCl)ccc1O. The van der Waals surface area contributed by atoms with Gasteiger partial charge in [-0.25, -0.2) is 0 Å². The molecule has 0 saturated carbocycles. The molecule has 0 unspecified atom stereocenters. The lowest BCUT2D eigenvalue weighted by Crippen LogP contribution is -2.10. The standard InChI is InChI=1S/C10H8Cl2O4/c11-4-8(14)6-1-2-7(13)9(3-6)16-10(15)5-12/h1-3,13H,4-5H2. The molecule has 0 aliphatic carbocycles. The fourth-order valence-electron chi connectivity index (χ4n) is 0.996. The molecular weight excluding hydrogens is 255 g/mol. The van der Waals surface area contributed by atoms with E-state index in [9.17, 15) is 14.7 Å². The van der Waals surface area contributed by atoms with Gasteiger partial charge in [0, 0.05) is 5.56 Å². The fraction of sp³-hybridized carbons (Fsp3) is 0.200. The summed E-state index contributed by atoms with van der Waals surface area (Å²) < 4.78 is 4.71. The Morgan fingerprint density at radius 3 is 2.50 bits per heavy atom. The Hall–Kier alpha value is -1.26. The summed E-state index contributed by atoms with van der Waals surface area (Å²) in [5.41, 5.74) is 0.255. The Bertz CT molecular complexity index is 417. The number of esters is 1. The van der Waals surface area contributed by atoms with Crippen LogP contribution in [0.5, 0.6) is 11.5 Å². The minimum atomic E-state index is -0.715. The number of phenols is 1. The van der Waals surface area contributed by atoms with Gasteiger partial charge in [-0.3, -0.25) is 9.59 Å². The monoisotopic (exact) mass is 262 g/mol. The topological polar surface area (TPSA) is 63.6 Å². The molecule has 1 aromatic carbocycles. The molecule has 0 amide bonds. The summed E-state index contributed by atoms with van der Waals surface area (Å²) in [5.74, 6) is -1.93. The first-order valence-electron chi connectivity index (χ1n) is 4.27. The Morgan fingerprint density at radius 2 is 1.94 bits per heavy atom. The van der Waals surface area contributed by atoms with Gasteiger partial charge in [0.25, 0.3) is 0 Å². The van der Waals surface area contributed by atoms with E-state index in [1.54, 1.807) is 0 Å². The van der Waals surface area contributed by atoms with Crippen LogP contribution in [0.3, 0.4) is 0 Å². The van der Waals surface area contributed by atoms with E-state index in [4.69, 9.17) is 27.9 Å². The lowest BCUT2D eigenvalue weighted by atomic mass is 10.1. The molecule has 0 aliphatic rings. The van der Waals surface area contributed by atoms with Gasteiger partial charge in [-0.1, -0.05) is 0 Å². The molecule has 0 fully saturated rings. The largest absolute Gasteiger partial charge is 0.504 e. The quantitative estimate of drug-likeness (QED) is 0.390. The molecule has 0 aromatic heterocycles. The van der Waals surface area contributed by atoms with E-state index in [0.29, 0.717) is 0 Å². The number of hydrogen-bond donors (Lipinski definition) is 1. The summed E-state index contributed by atoms with van der Waals surface area (Å²) >= 11 is 10.6. The van der Waals surface area contributed by atoms with Crippen molar-refractivity contribution in [2.75, 3.05) is 11.8 Å². The van der Waals surface area contributed by atoms with Crippen molar-refractivity contribution in [1.29, 1.82) is 0 Å². The molecule has 1 aromatic rings. The summed E-state index contributed by atoms with van der Waals surface area (Å²) in [5, 5.41) is 9.37. The molecule has 6 heteroatoms. The number of ether oxygens (including phenoxy) is 1. The van der Waals surface area contributed by atoms with Crippen molar-refractivity contribution in [1.82, 2.24) is 0 Å². The van der Waals surface area contributed by atoms with E-state index in [-0.39, 0.29) is 34.6 Å². The van der Waals surface area contributed by atoms with Crippen LogP contribution >= 0.6 is 23.2 Å². The minimum Gasteiger partial charge on any atom is -0.504 e. The van der Waals surface area contributed by atoms with E-state index in [2.05, 4.69) is 0 Å². The average Bonchev–Trinajstić information content (AvgIpc) is 2.30. The highest BCUT2D eigenvalue weighted by atomic mass is 35.5. The predicted octanol–water partition coefficient (Wildman–Crippen LogP) is 1.96. The van der Waals surface area contributed by atoms with Gasteiger partial charge in [-0.15, -0.1) is 23.2 Å². The number of phenolic OH excluding ortho intramolecular Hbond substituents is 1. The van der Waals surface area contributed by atoms with Gasteiger partial charge < -0.3 is 9.84 Å². The maximum absolute atomic E-state index is 11.3. The molecule has 1 N–H and O–H groups in total.